The van der Waals surface area contributed by atoms with Crippen molar-refractivity contribution in [2.24, 2.45) is 5.73 Å². The molecule has 1 aromatic rings. The molecule has 1 aliphatic heterocycles. The van der Waals surface area contributed by atoms with Crippen LogP contribution in [0.25, 0.3) is 0 Å². The van der Waals surface area contributed by atoms with Gasteiger partial charge in [0.05, 0.1) is 6.61 Å². The quantitative estimate of drug-likeness (QED) is 0.781. The third-order valence-electron chi connectivity index (χ3n) is 3.53. The van der Waals surface area contributed by atoms with E-state index < -0.39 is 6.04 Å². The van der Waals surface area contributed by atoms with Crippen LogP contribution >= 0.6 is 24.2 Å². The first-order valence-corrected chi connectivity index (χ1v) is 8.57. The molecule has 1 unspecified atom stereocenters. The van der Waals surface area contributed by atoms with Crippen molar-refractivity contribution in [2.45, 2.75) is 29.9 Å². The second-order valence-electron chi connectivity index (χ2n) is 5.37. The summed E-state index contributed by atoms with van der Waals surface area (Å²) in [6.45, 7) is 1.95. The minimum absolute atomic E-state index is 0. The largest absolute Gasteiger partial charge is 0.383 e. The van der Waals surface area contributed by atoms with E-state index in [1.165, 1.54) is 12.7 Å². The standard InChI is InChI=1S/C16H24N2O3S.ClH/c1-20-10-15(17)16(19)18-13-4-2-3-12(9-13)11-22-14-5-7-21-8-6-14;/h2-4,9,14-15H,5-8,10-11,17H2,1H3,(H,18,19);1H. The molecule has 1 amide bonds. The van der Waals surface area contributed by atoms with Crippen LogP contribution in [-0.2, 0) is 20.0 Å². The van der Waals surface area contributed by atoms with Crippen molar-refractivity contribution in [2.75, 3.05) is 32.2 Å². The highest BCUT2D eigenvalue weighted by Gasteiger charge is 2.15. The Morgan fingerprint density at radius 1 is 1.48 bits per heavy atom. The second-order valence-corrected chi connectivity index (χ2v) is 6.66. The van der Waals surface area contributed by atoms with Crippen molar-refractivity contribution in [1.82, 2.24) is 0 Å². The van der Waals surface area contributed by atoms with Crippen molar-refractivity contribution >= 4 is 35.8 Å². The van der Waals surface area contributed by atoms with Crippen molar-refractivity contribution in [1.29, 1.82) is 0 Å². The Balaban J connectivity index is 0.00000264. The molecule has 1 heterocycles. The van der Waals surface area contributed by atoms with Crippen LogP contribution in [-0.4, -0.2) is 44.1 Å². The maximum Gasteiger partial charge on any atom is 0.243 e. The van der Waals surface area contributed by atoms with Crippen molar-refractivity contribution in [3.05, 3.63) is 29.8 Å². The zero-order valence-electron chi connectivity index (χ0n) is 13.3. The van der Waals surface area contributed by atoms with Gasteiger partial charge in [0.1, 0.15) is 6.04 Å². The van der Waals surface area contributed by atoms with E-state index in [0.717, 1.165) is 37.5 Å². The van der Waals surface area contributed by atoms with Crippen LogP contribution in [0.3, 0.4) is 0 Å². The number of rotatable bonds is 7. The summed E-state index contributed by atoms with van der Waals surface area (Å²) in [5.41, 5.74) is 7.70. The van der Waals surface area contributed by atoms with Gasteiger partial charge in [-0.25, -0.2) is 0 Å². The second kappa shape index (κ2) is 10.9. The van der Waals surface area contributed by atoms with E-state index >= 15 is 0 Å². The average Bonchev–Trinajstić information content (AvgIpc) is 2.54. The zero-order valence-corrected chi connectivity index (χ0v) is 15.0. The van der Waals surface area contributed by atoms with E-state index in [1.54, 1.807) is 0 Å². The Labute approximate surface area is 148 Å². The predicted molar refractivity (Wildman–Crippen MR) is 97.3 cm³/mol. The summed E-state index contributed by atoms with van der Waals surface area (Å²) < 4.78 is 10.3. The number of carbonyl (C=O) groups excluding carboxylic acids is 1. The van der Waals surface area contributed by atoms with Crippen molar-refractivity contribution < 1.29 is 14.3 Å². The van der Waals surface area contributed by atoms with Gasteiger partial charge in [-0.05, 0) is 30.5 Å². The summed E-state index contributed by atoms with van der Waals surface area (Å²) in [4.78, 5) is 11.9. The lowest BCUT2D eigenvalue weighted by atomic mass is 10.2. The Kier molecular flexibility index (Phi) is 9.59. The molecule has 1 aliphatic rings. The number of anilines is 1. The summed E-state index contributed by atoms with van der Waals surface area (Å²) in [5.74, 6) is 0.717. The Bertz CT molecular complexity index is 484. The first kappa shape index (κ1) is 20.3. The van der Waals surface area contributed by atoms with Crippen LogP contribution in [0.5, 0.6) is 0 Å². The Hall–Kier alpha value is -0.790. The third kappa shape index (κ3) is 7.10. The van der Waals surface area contributed by atoms with E-state index in [-0.39, 0.29) is 24.9 Å². The highest BCUT2D eigenvalue weighted by Crippen LogP contribution is 2.26. The van der Waals surface area contributed by atoms with Crippen LogP contribution in [0.15, 0.2) is 24.3 Å². The molecule has 1 atom stereocenters. The number of carbonyl (C=O) groups is 1. The molecule has 0 aromatic heterocycles. The molecule has 0 spiro atoms. The van der Waals surface area contributed by atoms with E-state index in [2.05, 4.69) is 11.4 Å². The van der Waals surface area contributed by atoms with E-state index in [1.807, 2.05) is 30.0 Å². The number of hydrogen-bond acceptors (Lipinski definition) is 5. The highest BCUT2D eigenvalue weighted by atomic mass is 35.5. The molecule has 2 rings (SSSR count). The van der Waals surface area contributed by atoms with Gasteiger partial charge in [0.2, 0.25) is 5.91 Å². The number of hydrogen-bond donors (Lipinski definition) is 2. The van der Waals surface area contributed by atoms with Crippen molar-refractivity contribution in [3.63, 3.8) is 0 Å². The molecule has 0 bridgehead atoms. The molecule has 1 saturated heterocycles. The first-order valence-electron chi connectivity index (χ1n) is 7.52. The fourth-order valence-corrected chi connectivity index (χ4v) is 3.42. The van der Waals surface area contributed by atoms with Gasteiger partial charge in [-0.15, -0.1) is 12.4 Å². The van der Waals surface area contributed by atoms with Crippen molar-refractivity contribution in [3.8, 4) is 0 Å². The predicted octanol–water partition coefficient (Wildman–Crippen LogP) is 2.43. The van der Waals surface area contributed by atoms with E-state index in [9.17, 15) is 4.79 Å². The number of thioether (sulfide) groups is 1. The molecule has 3 N–H and O–H groups in total. The van der Waals surface area contributed by atoms with Gasteiger partial charge < -0.3 is 20.5 Å². The lowest BCUT2D eigenvalue weighted by Crippen LogP contribution is -2.39. The number of methoxy groups -OCH3 is 1. The molecule has 0 saturated carbocycles. The van der Waals surface area contributed by atoms with Gasteiger partial charge in [0, 0.05) is 37.0 Å². The van der Waals surface area contributed by atoms with Crippen LogP contribution in [0.2, 0.25) is 0 Å². The average molecular weight is 361 g/mol. The minimum Gasteiger partial charge on any atom is -0.383 e. The van der Waals surface area contributed by atoms with Crippen LogP contribution < -0.4 is 11.1 Å². The van der Waals surface area contributed by atoms with Gasteiger partial charge >= 0.3 is 0 Å². The van der Waals surface area contributed by atoms with Gasteiger partial charge in [0.15, 0.2) is 0 Å². The number of ether oxygens (including phenoxy) is 2. The van der Waals surface area contributed by atoms with Crippen LogP contribution in [0.4, 0.5) is 5.69 Å². The molecule has 0 radical (unpaired) electrons. The monoisotopic (exact) mass is 360 g/mol. The van der Waals surface area contributed by atoms with Gasteiger partial charge in [0.25, 0.3) is 0 Å². The van der Waals surface area contributed by atoms with Gasteiger partial charge in [-0.1, -0.05) is 12.1 Å². The third-order valence-corrected chi connectivity index (χ3v) is 4.97. The number of nitrogens with one attached hydrogen (secondary N) is 1. The van der Waals surface area contributed by atoms with Gasteiger partial charge in [-0.3, -0.25) is 4.79 Å². The number of halogens is 1. The normalized spacial score (nSPS) is 16.4. The maximum absolute atomic E-state index is 11.9. The molecular weight excluding hydrogens is 336 g/mol. The summed E-state index contributed by atoms with van der Waals surface area (Å²) in [5, 5.41) is 3.50. The molecule has 1 fully saturated rings. The van der Waals surface area contributed by atoms with Gasteiger partial charge in [-0.2, -0.15) is 11.8 Å². The fraction of sp³-hybridized carbons (Fsp3) is 0.562. The topological polar surface area (TPSA) is 73.6 Å². The fourth-order valence-electron chi connectivity index (χ4n) is 2.29. The molecular formula is C16H25ClN2O3S. The number of amides is 1. The molecule has 130 valence electrons. The molecule has 7 heteroatoms. The highest BCUT2D eigenvalue weighted by molar-refractivity contribution is 7.99. The summed E-state index contributed by atoms with van der Waals surface area (Å²) in [6.07, 6.45) is 2.24. The first-order chi connectivity index (χ1) is 10.7. The van der Waals surface area contributed by atoms with Crippen LogP contribution in [0.1, 0.15) is 18.4 Å². The lowest BCUT2D eigenvalue weighted by molar-refractivity contribution is -0.118. The van der Waals surface area contributed by atoms with E-state index in [4.69, 9.17) is 15.2 Å². The molecule has 0 aliphatic carbocycles. The maximum atomic E-state index is 11.9. The minimum atomic E-state index is -0.648. The smallest absolute Gasteiger partial charge is 0.243 e. The summed E-state index contributed by atoms with van der Waals surface area (Å²) >= 11 is 1.96. The molecule has 5 nitrogen and oxygen atoms in total. The van der Waals surface area contributed by atoms with Crippen LogP contribution in [0, 0.1) is 0 Å². The SMILES string of the molecule is COCC(N)C(=O)Nc1cccc(CSC2CCOCC2)c1.Cl. The Morgan fingerprint density at radius 3 is 2.91 bits per heavy atom. The molecule has 23 heavy (non-hydrogen) atoms. The van der Waals surface area contributed by atoms with E-state index in [0.29, 0.717) is 5.25 Å². The summed E-state index contributed by atoms with van der Waals surface area (Å²) in [7, 11) is 1.53. The zero-order chi connectivity index (χ0) is 15.8. The lowest BCUT2D eigenvalue weighted by Gasteiger charge is -2.21. The number of benzene rings is 1. The number of nitrogens with two attached hydrogens (primary N) is 1. The summed E-state index contributed by atoms with van der Waals surface area (Å²) in [6, 6.07) is 7.27. The molecule has 1 aromatic carbocycles. The Morgan fingerprint density at radius 2 is 2.22 bits per heavy atom.